The molecule has 0 aliphatic carbocycles. The zero-order chi connectivity index (χ0) is 7.11. The van der Waals surface area contributed by atoms with Crippen LogP contribution in [0, 0.1) is 0 Å². The van der Waals surface area contributed by atoms with E-state index in [0.29, 0.717) is 31.0 Å². The molecular formula is C5H12FNOS. The fraction of sp³-hybridized carbons (Fsp3) is 1.00. The maximum atomic E-state index is 11.4. The van der Waals surface area contributed by atoms with Crippen LogP contribution in [0.4, 0.5) is 3.89 Å². The Morgan fingerprint density at radius 1 is 1.56 bits per heavy atom. The van der Waals surface area contributed by atoms with E-state index >= 15 is 0 Å². The quantitative estimate of drug-likeness (QED) is 0.623. The molecule has 0 saturated heterocycles. The molecule has 0 fully saturated rings. The highest BCUT2D eigenvalue weighted by atomic mass is 32.2. The van der Waals surface area contributed by atoms with E-state index in [1.165, 1.54) is 0 Å². The highest BCUT2D eigenvalue weighted by Crippen LogP contribution is 1.98. The van der Waals surface area contributed by atoms with Crippen LogP contribution in [0.15, 0.2) is 0 Å². The van der Waals surface area contributed by atoms with Gasteiger partial charge in [-0.05, 0) is 7.05 Å². The molecule has 2 nitrogen and oxygen atoms in total. The van der Waals surface area contributed by atoms with Gasteiger partial charge in [0, 0.05) is 31.0 Å². The number of likely N-dealkylation sites (N-methyl/N-ethyl adjacent to an activating group) is 1. The smallest absolute Gasteiger partial charge is 0.0558 e. The topological polar surface area (TPSA) is 23.5 Å². The van der Waals surface area contributed by atoms with Crippen molar-refractivity contribution in [2.75, 3.05) is 32.5 Å². The summed E-state index contributed by atoms with van der Waals surface area (Å²) in [6, 6.07) is 0. The molecule has 1 N–H and O–H groups in total. The molecule has 0 atom stereocenters. The minimum absolute atomic E-state index is 0.146. The first-order valence-electron chi connectivity index (χ1n) is 2.84. The first kappa shape index (κ1) is 9.20. The van der Waals surface area contributed by atoms with Crippen molar-refractivity contribution in [2.24, 2.45) is 0 Å². The predicted molar refractivity (Wildman–Crippen MR) is 38.1 cm³/mol. The van der Waals surface area contributed by atoms with E-state index in [1.807, 2.05) is 11.9 Å². The van der Waals surface area contributed by atoms with Crippen molar-refractivity contribution in [1.29, 1.82) is 0 Å². The van der Waals surface area contributed by atoms with E-state index in [4.69, 9.17) is 5.11 Å². The summed E-state index contributed by atoms with van der Waals surface area (Å²) in [7, 11) is 1.85. The van der Waals surface area contributed by atoms with Crippen molar-refractivity contribution in [3.63, 3.8) is 0 Å². The van der Waals surface area contributed by atoms with Crippen LogP contribution in [0.3, 0.4) is 0 Å². The fourth-order valence-corrected chi connectivity index (χ4v) is 0.854. The van der Waals surface area contributed by atoms with Crippen LogP contribution in [0.1, 0.15) is 0 Å². The van der Waals surface area contributed by atoms with Gasteiger partial charge in [0.15, 0.2) is 0 Å². The lowest BCUT2D eigenvalue weighted by Crippen LogP contribution is -2.24. The predicted octanol–water partition coefficient (Wildman–Crippen LogP) is 0.528. The SMILES string of the molecule is CN(CCO)CCSF. The third-order valence-corrected chi connectivity index (χ3v) is 1.37. The number of aliphatic hydroxyl groups excluding tert-OH is 1. The Labute approximate surface area is 59.3 Å². The third-order valence-electron chi connectivity index (χ3n) is 1.03. The lowest BCUT2D eigenvalue weighted by atomic mass is 10.5. The second kappa shape index (κ2) is 6.32. The molecule has 0 bridgehead atoms. The van der Waals surface area contributed by atoms with E-state index in [1.54, 1.807) is 0 Å². The molecule has 0 aromatic carbocycles. The van der Waals surface area contributed by atoms with Crippen LogP contribution in [0.5, 0.6) is 0 Å². The number of hydrogen-bond acceptors (Lipinski definition) is 3. The Bertz CT molecular complexity index is 64.9. The second-order valence-electron chi connectivity index (χ2n) is 1.84. The summed E-state index contributed by atoms with van der Waals surface area (Å²) in [4.78, 5) is 1.88. The molecular weight excluding hydrogens is 141 g/mol. The number of hydrogen-bond donors (Lipinski definition) is 1. The molecule has 0 aliphatic heterocycles. The van der Waals surface area contributed by atoms with Gasteiger partial charge in [0.2, 0.25) is 0 Å². The molecule has 4 heteroatoms. The van der Waals surface area contributed by atoms with Crippen molar-refractivity contribution in [3.8, 4) is 0 Å². The average Bonchev–Trinajstić information content (AvgIpc) is 1.85. The third kappa shape index (κ3) is 6.08. The highest BCUT2D eigenvalue weighted by Gasteiger charge is 1.94. The van der Waals surface area contributed by atoms with E-state index in [2.05, 4.69) is 0 Å². The highest BCUT2D eigenvalue weighted by molar-refractivity contribution is 7.94. The number of aliphatic hydroxyl groups is 1. The van der Waals surface area contributed by atoms with E-state index in [-0.39, 0.29) is 6.61 Å². The Morgan fingerprint density at radius 3 is 2.67 bits per heavy atom. The number of halogens is 1. The minimum Gasteiger partial charge on any atom is -0.395 e. The monoisotopic (exact) mass is 153 g/mol. The van der Waals surface area contributed by atoms with Gasteiger partial charge < -0.3 is 10.0 Å². The van der Waals surface area contributed by atoms with Crippen LogP contribution >= 0.6 is 12.1 Å². The standard InChI is InChI=1S/C5H12FNOS/c1-7(2-4-8)3-5-9-6/h8H,2-5H2,1H3. The van der Waals surface area contributed by atoms with Gasteiger partial charge >= 0.3 is 0 Å². The van der Waals surface area contributed by atoms with Crippen molar-refractivity contribution in [3.05, 3.63) is 0 Å². The van der Waals surface area contributed by atoms with Gasteiger partial charge in [0.05, 0.1) is 6.61 Å². The normalized spacial score (nSPS) is 10.7. The van der Waals surface area contributed by atoms with Crippen LogP contribution < -0.4 is 0 Å². The lowest BCUT2D eigenvalue weighted by Gasteiger charge is -2.12. The van der Waals surface area contributed by atoms with Crippen molar-refractivity contribution in [1.82, 2.24) is 4.90 Å². The van der Waals surface area contributed by atoms with Crippen molar-refractivity contribution < 1.29 is 8.99 Å². The molecule has 0 aromatic rings. The van der Waals surface area contributed by atoms with Crippen molar-refractivity contribution in [2.45, 2.75) is 0 Å². The zero-order valence-corrected chi connectivity index (χ0v) is 6.33. The largest absolute Gasteiger partial charge is 0.395 e. The van der Waals surface area contributed by atoms with Gasteiger partial charge in [-0.1, -0.05) is 0 Å². The number of rotatable bonds is 5. The number of nitrogens with zero attached hydrogens (tertiary/aromatic N) is 1. The minimum atomic E-state index is 0.146. The Kier molecular flexibility index (Phi) is 6.46. The second-order valence-corrected chi connectivity index (χ2v) is 2.47. The van der Waals surface area contributed by atoms with Gasteiger partial charge in [-0.3, -0.25) is 0 Å². The summed E-state index contributed by atoms with van der Waals surface area (Å²) >= 11 is 0.333. The fourth-order valence-electron chi connectivity index (χ4n) is 0.473. The van der Waals surface area contributed by atoms with Crippen molar-refractivity contribution >= 4 is 12.1 Å². The molecule has 0 rings (SSSR count). The summed E-state index contributed by atoms with van der Waals surface area (Å²) in [5.74, 6) is 0.483. The van der Waals surface area contributed by atoms with Gasteiger partial charge in [-0.25, -0.2) is 0 Å². The first-order chi connectivity index (χ1) is 4.31. The lowest BCUT2D eigenvalue weighted by molar-refractivity contribution is 0.228. The molecule has 0 radical (unpaired) electrons. The molecule has 0 spiro atoms. The molecule has 9 heavy (non-hydrogen) atoms. The Morgan fingerprint density at radius 2 is 2.22 bits per heavy atom. The maximum absolute atomic E-state index is 11.4. The van der Waals surface area contributed by atoms with Crippen LogP contribution in [-0.4, -0.2) is 42.5 Å². The first-order valence-corrected chi connectivity index (χ1v) is 3.72. The van der Waals surface area contributed by atoms with E-state index in [0.717, 1.165) is 0 Å². The molecule has 0 saturated carbocycles. The summed E-state index contributed by atoms with van der Waals surface area (Å²) in [6.45, 7) is 1.47. The summed E-state index contributed by atoms with van der Waals surface area (Å²) < 4.78 is 11.4. The van der Waals surface area contributed by atoms with Gasteiger partial charge in [-0.15, -0.1) is 0 Å². The zero-order valence-electron chi connectivity index (χ0n) is 5.51. The van der Waals surface area contributed by atoms with Crippen LogP contribution in [-0.2, 0) is 0 Å². The average molecular weight is 153 g/mol. The van der Waals surface area contributed by atoms with E-state index in [9.17, 15) is 3.89 Å². The van der Waals surface area contributed by atoms with Gasteiger partial charge in [-0.2, -0.15) is 3.89 Å². The Hall–Kier alpha value is 0.200. The summed E-state index contributed by atoms with van der Waals surface area (Å²) in [5.41, 5.74) is 0. The summed E-state index contributed by atoms with van der Waals surface area (Å²) in [5, 5.41) is 8.39. The molecule has 56 valence electrons. The molecule has 0 aromatic heterocycles. The van der Waals surface area contributed by atoms with E-state index < -0.39 is 0 Å². The molecule has 0 heterocycles. The summed E-state index contributed by atoms with van der Waals surface area (Å²) in [6.07, 6.45) is 0. The van der Waals surface area contributed by atoms with Crippen LogP contribution in [0.2, 0.25) is 0 Å². The molecule has 0 unspecified atom stereocenters. The van der Waals surface area contributed by atoms with Gasteiger partial charge in [0.25, 0.3) is 0 Å². The van der Waals surface area contributed by atoms with Crippen LogP contribution in [0.25, 0.3) is 0 Å². The maximum Gasteiger partial charge on any atom is 0.0558 e. The Balaban J connectivity index is 2.95. The molecule has 0 amide bonds. The molecule has 0 aliphatic rings. The van der Waals surface area contributed by atoms with Gasteiger partial charge in [0.1, 0.15) is 0 Å².